The van der Waals surface area contributed by atoms with Gasteiger partial charge < -0.3 is 15.3 Å². The number of sulfone groups is 1. The van der Waals surface area contributed by atoms with Crippen molar-refractivity contribution in [2.75, 3.05) is 4.90 Å². The Morgan fingerprint density at radius 3 is 2.37 bits per heavy atom. The minimum Gasteiger partial charge on any atom is -0.465 e. The molecule has 0 radical (unpaired) electrons. The summed E-state index contributed by atoms with van der Waals surface area (Å²) in [5, 5.41) is 11.3. The lowest BCUT2D eigenvalue weighted by molar-refractivity contribution is -0.117. The van der Waals surface area contributed by atoms with E-state index >= 15 is 0 Å². The number of rotatable bonds is 4. The maximum atomic E-state index is 12.6. The second kappa shape index (κ2) is 6.82. The Bertz CT molecular complexity index is 876. The number of hydrogen-bond acceptors (Lipinski definition) is 4. The van der Waals surface area contributed by atoms with Crippen LogP contribution in [0.15, 0.2) is 23.1 Å². The zero-order valence-electron chi connectivity index (χ0n) is 16.0. The van der Waals surface area contributed by atoms with Crippen molar-refractivity contribution >= 4 is 27.5 Å². The Morgan fingerprint density at radius 2 is 1.89 bits per heavy atom. The monoisotopic (exact) mass is 394 g/mol. The molecule has 2 N–H and O–H groups in total. The zero-order chi connectivity index (χ0) is 20.1. The van der Waals surface area contributed by atoms with Gasteiger partial charge in [0.15, 0.2) is 9.84 Å². The number of anilines is 1. The Labute approximate surface area is 159 Å². The van der Waals surface area contributed by atoms with Gasteiger partial charge in [0.25, 0.3) is 0 Å². The molecule has 0 spiro atoms. The summed E-state index contributed by atoms with van der Waals surface area (Å²) in [6.07, 6.45) is 0.849. The number of amides is 2. The molecule has 27 heavy (non-hydrogen) atoms. The molecule has 1 aromatic rings. The number of nitrogens with one attached hydrogen (secondary N) is 1. The van der Waals surface area contributed by atoms with E-state index < -0.39 is 27.2 Å². The molecule has 1 aromatic carbocycles. The highest BCUT2D eigenvalue weighted by Crippen LogP contribution is 2.49. The van der Waals surface area contributed by atoms with E-state index in [0.717, 1.165) is 12.8 Å². The van der Waals surface area contributed by atoms with Crippen LogP contribution in [0.2, 0.25) is 0 Å². The molecule has 1 saturated carbocycles. The minimum atomic E-state index is -3.51. The van der Waals surface area contributed by atoms with Crippen LogP contribution in [0.3, 0.4) is 0 Å². The van der Waals surface area contributed by atoms with Gasteiger partial charge in [-0.25, -0.2) is 13.2 Å². The zero-order valence-corrected chi connectivity index (χ0v) is 16.8. The maximum absolute atomic E-state index is 12.6. The fraction of sp³-hybridized carbons (Fsp3) is 0.579. The molecule has 148 valence electrons. The number of carbonyl (C=O) groups excluding carboxylic acids is 1. The molecule has 1 fully saturated rings. The molecule has 8 heteroatoms. The normalized spacial score (nSPS) is 25.2. The van der Waals surface area contributed by atoms with Crippen molar-refractivity contribution < 1.29 is 23.1 Å². The number of carboxylic acid groups (broad SMARTS) is 1. The van der Waals surface area contributed by atoms with Crippen molar-refractivity contribution in [1.29, 1.82) is 0 Å². The molecule has 0 unspecified atom stereocenters. The standard InChI is InChI=1S/C19H26N2O5S/c1-10(2)27(25,26)14-7-8-16-15(9-14)17(20-19(23)24)11(3)18(13-5-6-13)21(16)12(4)22/h7-11,13,17-18,20H,5-6H2,1-4H3,(H,23,24)/t11-,17-,18+/m1/s1. The summed E-state index contributed by atoms with van der Waals surface area (Å²) in [5.74, 6) is 0.0597. The van der Waals surface area contributed by atoms with Gasteiger partial charge in [-0.3, -0.25) is 4.79 Å². The van der Waals surface area contributed by atoms with Crippen molar-refractivity contribution in [3.63, 3.8) is 0 Å². The SMILES string of the molecule is CC(=O)N1c2ccc(S(=O)(=O)C(C)C)cc2[C@H](NC(=O)O)[C@@H](C)[C@H]1C1CC1. The van der Waals surface area contributed by atoms with Crippen molar-refractivity contribution in [2.24, 2.45) is 11.8 Å². The van der Waals surface area contributed by atoms with Crippen LogP contribution in [0.1, 0.15) is 52.1 Å². The molecule has 2 aliphatic rings. The summed E-state index contributed by atoms with van der Waals surface area (Å²) < 4.78 is 25.2. The summed E-state index contributed by atoms with van der Waals surface area (Å²) in [7, 11) is -3.51. The third kappa shape index (κ3) is 3.42. The topological polar surface area (TPSA) is 104 Å². The van der Waals surface area contributed by atoms with E-state index in [2.05, 4.69) is 5.32 Å². The third-order valence-electron chi connectivity index (χ3n) is 5.63. The lowest BCUT2D eigenvalue weighted by Gasteiger charge is -2.45. The summed E-state index contributed by atoms with van der Waals surface area (Å²) in [4.78, 5) is 25.7. The number of fused-ring (bicyclic) bond motifs is 1. The second-order valence-electron chi connectivity index (χ2n) is 7.82. The Balaban J connectivity index is 2.19. The highest BCUT2D eigenvalue weighted by molar-refractivity contribution is 7.92. The molecular weight excluding hydrogens is 368 g/mol. The molecule has 0 bridgehead atoms. The molecule has 3 rings (SSSR count). The van der Waals surface area contributed by atoms with Crippen molar-refractivity contribution in [1.82, 2.24) is 5.32 Å². The third-order valence-corrected chi connectivity index (χ3v) is 7.78. The fourth-order valence-corrected chi connectivity index (χ4v) is 5.22. The molecule has 1 heterocycles. The molecule has 2 amide bonds. The number of nitrogens with zero attached hydrogens (tertiary/aromatic N) is 1. The maximum Gasteiger partial charge on any atom is 0.405 e. The number of carbonyl (C=O) groups is 2. The predicted molar refractivity (Wildman–Crippen MR) is 102 cm³/mol. The van der Waals surface area contributed by atoms with E-state index in [0.29, 0.717) is 17.2 Å². The smallest absolute Gasteiger partial charge is 0.405 e. The van der Waals surface area contributed by atoms with Crippen LogP contribution in [0.25, 0.3) is 0 Å². The van der Waals surface area contributed by atoms with E-state index in [1.165, 1.54) is 19.1 Å². The van der Waals surface area contributed by atoms with Crippen LogP contribution >= 0.6 is 0 Å². The molecule has 7 nitrogen and oxygen atoms in total. The number of benzene rings is 1. The lowest BCUT2D eigenvalue weighted by atomic mass is 9.80. The average Bonchev–Trinajstić information content (AvgIpc) is 3.40. The lowest BCUT2D eigenvalue weighted by Crippen LogP contribution is -2.53. The minimum absolute atomic E-state index is 0.0978. The molecule has 0 saturated heterocycles. The van der Waals surface area contributed by atoms with Gasteiger partial charge in [0.1, 0.15) is 0 Å². The first kappa shape index (κ1) is 19.7. The summed E-state index contributed by atoms with van der Waals surface area (Å²) in [5.41, 5.74) is 1.14. The van der Waals surface area contributed by atoms with Crippen LogP contribution in [0.5, 0.6) is 0 Å². The van der Waals surface area contributed by atoms with Crippen LogP contribution in [-0.4, -0.2) is 36.8 Å². The molecule has 0 aromatic heterocycles. The largest absolute Gasteiger partial charge is 0.465 e. The molecule has 1 aliphatic heterocycles. The van der Waals surface area contributed by atoms with Gasteiger partial charge in [0.05, 0.1) is 16.2 Å². The predicted octanol–water partition coefficient (Wildman–Crippen LogP) is 2.96. The van der Waals surface area contributed by atoms with Gasteiger partial charge in [-0.05, 0) is 56.4 Å². The summed E-state index contributed by atoms with van der Waals surface area (Å²) >= 11 is 0. The van der Waals surface area contributed by atoms with Crippen LogP contribution < -0.4 is 10.2 Å². The van der Waals surface area contributed by atoms with Gasteiger partial charge in [-0.15, -0.1) is 0 Å². The molecular formula is C19H26N2O5S. The summed E-state index contributed by atoms with van der Waals surface area (Å²) in [6.45, 7) is 6.63. The van der Waals surface area contributed by atoms with Crippen molar-refractivity contribution in [2.45, 2.75) is 62.8 Å². The average molecular weight is 394 g/mol. The quantitative estimate of drug-likeness (QED) is 0.817. The van der Waals surface area contributed by atoms with Crippen LogP contribution in [-0.2, 0) is 14.6 Å². The van der Waals surface area contributed by atoms with E-state index in [1.807, 2.05) is 6.92 Å². The van der Waals surface area contributed by atoms with Crippen molar-refractivity contribution in [3.05, 3.63) is 23.8 Å². The second-order valence-corrected chi connectivity index (χ2v) is 10.3. The van der Waals surface area contributed by atoms with Gasteiger partial charge in [-0.2, -0.15) is 0 Å². The van der Waals surface area contributed by atoms with E-state index in [-0.39, 0.29) is 22.8 Å². The van der Waals surface area contributed by atoms with Crippen molar-refractivity contribution in [3.8, 4) is 0 Å². The first-order valence-corrected chi connectivity index (χ1v) is 10.8. The van der Waals surface area contributed by atoms with Crippen LogP contribution in [0, 0.1) is 11.8 Å². The van der Waals surface area contributed by atoms with E-state index in [4.69, 9.17) is 0 Å². The van der Waals surface area contributed by atoms with Crippen LogP contribution in [0.4, 0.5) is 10.5 Å². The molecule has 3 atom stereocenters. The number of hydrogen-bond donors (Lipinski definition) is 2. The highest BCUT2D eigenvalue weighted by atomic mass is 32.2. The van der Waals surface area contributed by atoms with E-state index in [9.17, 15) is 23.1 Å². The Kier molecular flexibility index (Phi) is 4.96. The van der Waals surface area contributed by atoms with Gasteiger partial charge in [-0.1, -0.05) is 6.92 Å². The Morgan fingerprint density at radius 1 is 1.26 bits per heavy atom. The Hall–Kier alpha value is -2.09. The fourth-order valence-electron chi connectivity index (χ4n) is 4.13. The highest BCUT2D eigenvalue weighted by Gasteiger charge is 2.48. The van der Waals surface area contributed by atoms with Gasteiger partial charge in [0, 0.05) is 24.6 Å². The first-order valence-electron chi connectivity index (χ1n) is 9.22. The van der Waals surface area contributed by atoms with Gasteiger partial charge in [0.2, 0.25) is 5.91 Å². The molecule has 1 aliphatic carbocycles. The summed E-state index contributed by atoms with van der Waals surface area (Å²) in [6, 6.07) is 4.02. The van der Waals surface area contributed by atoms with Gasteiger partial charge >= 0.3 is 6.09 Å². The van der Waals surface area contributed by atoms with E-state index in [1.54, 1.807) is 24.8 Å². The first-order chi connectivity index (χ1) is 12.6.